The van der Waals surface area contributed by atoms with Gasteiger partial charge in [0.1, 0.15) is 37.1 Å². The zero-order valence-corrected chi connectivity index (χ0v) is 34.7. The highest BCUT2D eigenvalue weighted by Crippen LogP contribution is 2.39. The van der Waals surface area contributed by atoms with Crippen molar-refractivity contribution in [3.05, 3.63) is 130 Å². The third-order valence-electron chi connectivity index (χ3n) is 9.94. The fourth-order valence-electron chi connectivity index (χ4n) is 6.37. The van der Waals surface area contributed by atoms with E-state index in [1.165, 1.54) is 0 Å². The minimum absolute atomic E-state index is 0.122. The Labute approximate surface area is 337 Å². The summed E-state index contributed by atoms with van der Waals surface area (Å²) < 4.78 is 10.00. The molecule has 0 spiro atoms. The number of ether oxygens (including phenoxy) is 2. The van der Waals surface area contributed by atoms with Crippen LogP contribution in [0.25, 0.3) is 0 Å². The first kappa shape index (κ1) is 48.7. The predicted octanol–water partition coefficient (Wildman–Crippen LogP) is 6.11. The summed E-state index contributed by atoms with van der Waals surface area (Å²) in [5.41, 5.74) is 6.69. The molecule has 0 saturated carbocycles. The first-order valence-corrected chi connectivity index (χ1v) is 19.1. The first-order chi connectivity index (χ1) is 26.7. The van der Waals surface area contributed by atoms with Gasteiger partial charge in [-0.05, 0) is 88.0 Å². The van der Waals surface area contributed by atoms with Crippen molar-refractivity contribution in [2.24, 2.45) is 11.3 Å². The normalized spacial score (nSPS) is 24.2. The van der Waals surface area contributed by atoms with Crippen molar-refractivity contribution in [2.75, 3.05) is 13.2 Å². The molecule has 0 aromatic heterocycles. The highest BCUT2D eigenvalue weighted by atomic mass is 16.7. The Bertz CT molecular complexity index is 1790. The number of hydrogen-bond acceptors (Lipinski definition) is 11. The zero-order chi connectivity index (χ0) is 43.0. The topological polar surface area (TPSA) is 191 Å². The van der Waals surface area contributed by atoms with Gasteiger partial charge < -0.3 is 40.1 Å². The van der Waals surface area contributed by atoms with Crippen LogP contribution in [0.5, 0.6) is 0 Å². The fourth-order valence-corrected chi connectivity index (χ4v) is 6.37. The largest absolute Gasteiger partial charge is 0.509 e. The molecular formula is C46H62O11. The Hall–Kier alpha value is -4.49. The Balaban J connectivity index is 1.91. The number of allylic oxidation sites excluding steroid dienone is 20. The van der Waals surface area contributed by atoms with E-state index in [0.29, 0.717) is 17.6 Å². The minimum atomic E-state index is -1.90. The van der Waals surface area contributed by atoms with Gasteiger partial charge in [-0.2, -0.15) is 0 Å². The fraction of sp³-hybridized carbons (Fsp3) is 0.457. The number of carbonyl (C=O) groups excluding carboxylic acids is 3. The van der Waals surface area contributed by atoms with Gasteiger partial charge in [0.15, 0.2) is 17.7 Å². The molecule has 7 atom stereocenters. The van der Waals surface area contributed by atoms with Crippen molar-refractivity contribution >= 4 is 17.7 Å². The van der Waals surface area contributed by atoms with Crippen LogP contribution in [-0.2, 0) is 19.1 Å². The van der Waals surface area contributed by atoms with E-state index < -0.39 is 56.0 Å². The molecule has 0 bridgehead atoms. The van der Waals surface area contributed by atoms with Crippen LogP contribution < -0.4 is 0 Å². The number of hydrogen-bond donors (Lipinski definition) is 6. The van der Waals surface area contributed by atoms with E-state index in [1.54, 1.807) is 13.8 Å². The van der Waals surface area contributed by atoms with E-state index in [0.717, 1.165) is 33.4 Å². The van der Waals surface area contributed by atoms with Gasteiger partial charge in [0.25, 0.3) is 0 Å². The molecule has 57 heavy (non-hydrogen) atoms. The number of ketones is 2. The average molecular weight is 791 g/mol. The van der Waals surface area contributed by atoms with E-state index in [4.69, 9.17) is 14.6 Å². The maximum atomic E-state index is 13.0. The molecule has 2 aliphatic carbocycles. The summed E-state index contributed by atoms with van der Waals surface area (Å²) in [6.07, 6.45) is 17.8. The van der Waals surface area contributed by atoms with Gasteiger partial charge in [-0.15, -0.1) is 0 Å². The SMILES string of the molecule is CC1=C(/C=C/C(C)=C/C=C/C(C)=C/C=C/C=C(C)/C=C/C=C(C)/C=C/C2=C(C)C(=O)C(O)CC2(C)C)C(C)CC(OC(=O)OCC(O)C(O)C(O)C(O)CO)C1=O. The molecule has 312 valence electrons. The van der Waals surface area contributed by atoms with Gasteiger partial charge in [-0.3, -0.25) is 9.59 Å². The molecule has 0 radical (unpaired) electrons. The van der Waals surface area contributed by atoms with Crippen LogP contribution in [0.3, 0.4) is 0 Å². The Kier molecular flexibility index (Phi) is 19.7. The van der Waals surface area contributed by atoms with Gasteiger partial charge in [-0.1, -0.05) is 128 Å². The number of carbonyl (C=O) groups is 3. The van der Waals surface area contributed by atoms with E-state index in [-0.39, 0.29) is 29.3 Å². The maximum Gasteiger partial charge on any atom is 0.509 e. The molecule has 7 unspecified atom stereocenters. The predicted molar refractivity (Wildman–Crippen MR) is 222 cm³/mol. The monoisotopic (exact) mass is 790 g/mol. The molecule has 0 aromatic rings. The Morgan fingerprint density at radius 3 is 1.79 bits per heavy atom. The van der Waals surface area contributed by atoms with E-state index >= 15 is 0 Å². The van der Waals surface area contributed by atoms with Crippen LogP contribution in [-0.4, -0.2) is 98.2 Å². The third-order valence-corrected chi connectivity index (χ3v) is 9.94. The molecule has 11 nitrogen and oxygen atoms in total. The lowest BCUT2D eigenvalue weighted by Crippen LogP contribution is -2.47. The van der Waals surface area contributed by atoms with Crippen molar-refractivity contribution in [2.45, 2.75) is 112 Å². The smallest absolute Gasteiger partial charge is 0.431 e. The summed E-state index contributed by atoms with van der Waals surface area (Å²) >= 11 is 0. The lowest BCUT2D eigenvalue weighted by Gasteiger charge is -2.34. The van der Waals surface area contributed by atoms with Crippen molar-refractivity contribution in [1.29, 1.82) is 0 Å². The van der Waals surface area contributed by atoms with E-state index in [1.807, 2.05) is 134 Å². The second kappa shape index (κ2) is 23.0. The lowest BCUT2D eigenvalue weighted by molar-refractivity contribution is -0.132. The summed E-state index contributed by atoms with van der Waals surface area (Å²) in [5, 5.41) is 57.9. The number of aliphatic hydroxyl groups is 6. The standard InChI is InChI=1S/C46H62O11/c1-28(14-10-11-15-29(2)17-13-19-31(4)21-23-36-34(7)41(51)37(48)25-46(36,8)9)16-12-18-30(3)20-22-35-32(5)24-40(42(52)33(35)6)57-45(55)56-27-39(50)44(54)43(53)38(49)26-47/h10-23,32,37-40,43-44,47-50,53-54H,24-27H2,1-9H3/b11-10+,16-12+,17-13+,22-20+,23-21+,28-14+,29-15+,30-18+,31-19+. The lowest BCUT2D eigenvalue weighted by atomic mass is 9.71. The molecular weight excluding hydrogens is 728 g/mol. The van der Waals surface area contributed by atoms with Crippen molar-refractivity contribution in [1.82, 2.24) is 0 Å². The highest BCUT2D eigenvalue weighted by Gasteiger charge is 2.37. The molecule has 0 saturated heterocycles. The molecule has 2 aliphatic rings. The van der Waals surface area contributed by atoms with Crippen LogP contribution >= 0.6 is 0 Å². The minimum Gasteiger partial charge on any atom is -0.431 e. The molecule has 0 fully saturated rings. The first-order valence-electron chi connectivity index (χ1n) is 19.1. The number of Topliss-reactive ketones (excluding diaryl/α,β-unsaturated/α-hetero) is 2. The summed E-state index contributed by atoms with van der Waals surface area (Å²) in [6.45, 7) is 15.8. The second-order valence-corrected chi connectivity index (χ2v) is 15.5. The Morgan fingerprint density at radius 2 is 1.25 bits per heavy atom. The maximum absolute atomic E-state index is 13.0. The molecule has 6 N–H and O–H groups in total. The van der Waals surface area contributed by atoms with Gasteiger partial charge in [0.05, 0.1) is 6.61 Å². The van der Waals surface area contributed by atoms with Gasteiger partial charge in [0, 0.05) is 0 Å². The molecule has 11 heteroatoms. The highest BCUT2D eigenvalue weighted by molar-refractivity contribution is 6.01. The molecule has 0 amide bonds. The van der Waals surface area contributed by atoms with Crippen LogP contribution in [0.15, 0.2) is 130 Å². The Morgan fingerprint density at radius 1 is 0.754 bits per heavy atom. The molecule has 0 aromatic carbocycles. The summed E-state index contributed by atoms with van der Waals surface area (Å²) in [7, 11) is 0. The van der Waals surface area contributed by atoms with Crippen LogP contribution in [0.4, 0.5) is 4.79 Å². The number of aliphatic hydroxyl groups excluding tert-OH is 6. The van der Waals surface area contributed by atoms with Crippen molar-refractivity contribution in [3.8, 4) is 0 Å². The van der Waals surface area contributed by atoms with Crippen molar-refractivity contribution in [3.63, 3.8) is 0 Å². The van der Waals surface area contributed by atoms with Gasteiger partial charge in [-0.25, -0.2) is 4.79 Å². The summed E-state index contributed by atoms with van der Waals surface area (Å²) in [4.78, 5) is 37.5. The summed E-state index contributed by atoms with van der Waals surface area (Å²) in [6, 6.07) is 0. The van der Waals surface area contributed by atoms with E-state index in [9.17, 15) is 39.9 Å². The van der Waals surface area contributed by atoms with Crippen molar-refractivity contribution < 1.29 is 54.5 Å². The van der Waals surface area contributed by atoms with Crippen LogP contribution in [0, 0.1) is 11.3 Å². The molecule has 2 rings (SSSR count). The van der Waals surface area contributed by atoms with Crippen LogP contribution in [0.1, 0.15) is 75.2 Å². The zero-order valence-electron chi connectivity index (χ0n) is 34.7. The van der Waals surface area contributed by atoms with Gasteiger partial charge >= 0.3 is 6.16 Å². The second-order valence-electron chi connectivity index (χ2n) is 15.5. The van der Waals surface area contributed by atoms with E-state index in [2.05, 4.69) is 0 Å². The molecule has 0 aliphatic heterocycles. The average Bonchev–Trinajstić information content (AvgIpc) is 3.15. The van der Waals surface area contributed by atoms with Crippen LogP contribution in [0.2, 0.25) is 0 Å². The number of rotatable bonds is 17. The van der Waals surface area contributed by atoms with Gasteiger partial charge in [0.2, 0.25) is 0 Å². The quantitative estimate of drug-likeness (QED) is 0.0736. The third kappa shape index (κ3) is 15.4. The molecule has 0 heterocycles. The summed E-state index contributed by atoms with van der Waals surface area (Å²) in [5.74, 6) is -0.701.